The Labute approximate surface area is 266 Å². The highest BCUT2D eigenvalue weighted by Gasteiger charge is 2.52. The zero-order chi connectivity index (χ0) is 31.9. The Morgan fingerprint density at radius 2 is 1.48 bits per heavy atom. The molecule has 2 aliphatic rings. The number of hydrogen-bond donors (Lipinski definition) is 1. The Kier molecular flexibility index (Phi) is 11.8. The second kappa shape index (κ2) is 15.1. The molecule has 0 bridgehead atoms. The van der Waals surface area contributed by atoms with Gasteiger partial charge in [0.1, 0.15) is 41.3 Å². The molecule has 0 unspecified atom stereocenters. The number of amides is 1. The number of fused-ring (bicyclic) bond motifs is 1. The van der Waals surface area contributed by atoms with E-state index in [9.17, 15) is 4.79 Å². The normalized spacial score (nSPS) is 23.5. The van der Waals surface area contributed by atoms with Crippen molar-refractivity contribution >= 4 is 31.4 Å². The fraction of sp³-hybridized carbons (Fsp3) is 0.562. The number of nitrogens with one attached hydrogen (secondary N) is 1. The second-order valence-corrected chi connectivity index (χ2v) is 18.1. The van der Waals surface area contributed by atoms with Gasteiger partial charge in [0.15, 0.2) is 8.32 Å². The number of ether oxygens (including phenoxy) is 6. The van der Waals surface area contributed by atoms with Crippen molar-refractivity contribution in [2.45, 2.75) is 88.8 Å². The lowest BCUT2D eigenvalue weighted by Gasteiger charge is -2.44. The van der Waals surface area contributed by atoms with Crippen LogP contribution in [0.1, 0.15) is 38.8 Å². The number of nitrogens with zero attached hydrogens (tertiary/aromatic N) is 1. The Morgan fingerprint density at radius 3 is 1.98 bits per heavy atom. The monoisotopic (exact) mass is 646 g/mol. The van der Waals surface area contributed by atoms with E-state index < -0.39 is 44.2 Å². The molecule has 0 saturated carbocycles. The quantitative estimate of drug-likeness (QED) is 0.272. The lowest BCUT2D eigenvalue weighted by Crippen LogP contribution is -2.59. The van der Waals surface area contributed by atoms with E-state index in [1.165, 1.54) is 11.8 Å². The van der Waals surface area contributed by atoms with Gasteiger partial charge in [-0.3, -0.25) is 0 Å². The minimum absolute atomic E-state index is 0.0206. The second-order valence-electron chi connectivity index (χ2n) is 12.3. The van der Waals surface area contributed by atoms with Gasteiger partial charge >= 0.3 is 6.09 Å². The SMILES string of the molecule is CCNC(=O)OC1=N[C@@H]2[C@@H](OCc3ccc(OC)cc3)[C@H](OCc3ccc(OC)cc3)[C@@H](CO[Si](C)(C)C(C)(C)C)O[C@@H]2S1. The average molecular weight is 647 g/mol. The molecule has 2 aliphatic heterocycles. The zero-order valence-electron chi connectivity index (χ0n) is 27.0. The smallest absolute Gasteiger partial charge is 0.414 e. The standard InChI is InChI=1S/C32H46N2O8SSi/c1-9-33-30(35)42-31-34-26-28(39-19-22-12-16-24(37-6)17-13-22)27(38-18-21-10-14-23(36-5)15-11-21)25(41-29(26)43-31)20-40-44(7,8)32(2,3)4/h10-17,25-29H,9,18-20H2,1-8H3,(H,33,35)/t25-,26-,27-,28-,29-/m1/s1. The van der Waals surface area contributed by atoms with Gasteiger partial charge in [0.25, 0.3) is 5.23 Å². The first-order chi connectivity index (χ1) is 20.9. The van der Waals surface area contributed by atoms with Gasteiger partial charge in [-0.25, -0.2) is 9.79 Å². The molecule has 2 heterocycles. The summed E-state index contributed by atoms with van der Waals surface area (Å²) in [6.45, 7) is 14.3. The van der Waals surface area contributed by atoms with Crippen LogP contribution in [-0.2, 0) is 36.6 Å². The topological polar surface area (TPSA) is 106 Å². The van der Waals surface area contributed by atoms with Crippen LogP contribution in [-0.4, -0.2) is 76.8 Å². The van der Waals surface area contributed by atoms with Crippen molar-refractivity contribution in [3.63, 3.8) is 0 Å². The van der Waals surface area contributed by atoms with Crippen LogP contribution in [0.4, 0.5) is 4.79 Å². The first-order valence-electron chi connectivity index (χ1n) is 14.9. The van der Waals surface area contributed by atoms with E-state index in [0.717, 1.165) is 22.6 Å². The molecule has 2 aromatic rings. The fourth-order valence-electron chi connectivity index (χ4n) is 4.55. The number of hydrogen-bond acceptors (Lipinski definition) is 10. The van der Waals surface area contributed by atoms with Crippen molar-refractivity contribution < 1.29 is 37.6 Å². The predicted octanol–water partition coefficient (Wildman–Crippen LogP) is 6.14. The minimum atomic E-state index is -2.11. The highest BCUT2D eigenvalue weighted by Crippen LogP contribution is 2.41. The van der Waals surface area contributed by atoms with Crippen molar-refractivity contribution in [2.24, 2.45) is 4.99 Å². The lowest BCUT2D eigenvalue weighted by molar-refractivity contribution is -0.204. The summed E-state index contributed by atoms with van der Waals surface area (Å²) < 4.78 is 42.7. The van der Waals surface area contributed by atoms with E-state index in [1.54, 1.807) is 14.2 Å². The first kappa shape index (κ1) is 34.3. The molecule has 5 atom stereocenters. The van der Waals surface area contributed by atoms with Crippen LogP contribution in [0.5, 0.6) is 11.5 Å². The molecule has 1 amide bonds. The molecule has 0 radical (unpaired) electrons. The van der Waals surface area contributed by atoms with Crippen molar-refractivity contribution in [3.8, 4) is 11.5 Å². The van der Waals surface area contributed by atoms with Crippen LogP contribution in [0, 0.1) is 0 Å². The summed E-state index contributed by atoms with van der Waals surface area (Å²) >= 11 is 1.28. The largest absolute Gasteiger partial charge is 0.497 e. The molecule has 242 valence electrons. The van der Waals surface area contributed by atoms with Gasteiger partial charge in [-0.1, -0.05) is 45.0 Å². The van der Waals surface area contributed by atoms with Crippen LogP contribution in [0.15, 0.2) is 53.5 Å². The number of rotatable bonds is 12. The van der Waals surface area contributed by atoms with Gasteiger partial charge in [0.05, 0.1) is 34.0 Å². The van der Waals surface area contributed by atoms with E-state index in [0.29, 0.717) is 26.4 Å². The van der Waals surface area contributed by atoms with Gasteiger partial charge in [-0.2, -0.15) is 0 Å². The maximum atomic E-state index is 12.2. The molecule has 1 fully saturated rings. The zero-order valence-corrected chi connectivity index (χ0v) is 28.8. The molecular weight excluding hydrogens is 601 g/mol. The molecule has 2 aromatic carbocycles. The number of benzene rings is 2. The summed E-state index contributed by atoms with van der Waals surface area (Å²) in [5.41, 5.74) is 1.52. The molecule has 0 aromatic heterocycles. The van der Waals surface area contributed by atoms with Crippen LogP contribution in [0.3, 0.4) is 0 Å². The summed E-state index contributed by atoms with van der Waals surface area (Å²) in [6, 6.07) is 15.0. The highest BCUT2D eigenvalue weighted by molar-refractivity contribution is 8.14. The van der Waals surface area contributed by atoms with Crippen LogP contribution in [0.2, 0.25) is 18.1 Å². The molecule has 0 aliphatic carbocycles. The summed E-state index contributed by atoms with van der Waals surface area (Å²) in [7, 11) is 1.17. The molecule has 0 spiro atoms. The minimum Gasteiger partial charge on any atom is -0.497 e. The average Bonchev–Trinajstić information content (AvgIpc) is 3.39. The Bertz CT molecular complexity index is 1250. The van der Waals surface area contributed by atoms with Crippen molar-refractivity contribution in [1.29, 1.82) is 0 Å². The summed E-state index contributed by atoms with van der Waals surface area (Å²) in [6.07, 6.45) is -2.03. The number of aliphatic imine (C=N–C) groups is 1. The molecule has 4 rings (SSSR count). The Hall–Kier alpha value is -2.61. The van der Waals surface area contributed by atoms with Crippen LogP contribution < -0.4 is 14.8 Å². The fourth-order valence-corrected chi connectivity index (χ4v) is 6.62. The maximum Gasteiger partial charge on any atom is 0.414 e. The summed E-state index contributed by atoms with van der Waals surface area (Å²) in [5.74, 6) is 1.54. The number of carbonyl (C=O) groups is 1. The Morgan fingerprint density at radius 1 is 0.932 bits per heavy atom. The van der Waals surface area contributed by atoms with Gasteiger partial charge in [-0.15, -0.1) is 0 Å². The van der Waals surface area contributed by atoms with Crippen molar-refractivity contribution in [3.05, 3.63) is 59.7 Å². The molecule has 10 nitrogen and oxygen atoms in total. The van der Waals surface area contributed by atoms with Crippen LogP contribution >= 0.6 is 11.8 Å². The van der Waals surface area contributed by atoms with Crippen molar-refractivity contribution in [1.82, 2.24) is 5.32 Å². The van der Waals surface area contributed by atoms with Gasteiger partial charge in [0.2, 0.25) is 0 Å². The van der Waals surface area contributed by atoms with Crippen molar-refractivity contribution in [2.75, 3.05) is 27.4 Å². The molecule has 12 heteroatoms. The maximum absolute atomic E-state index is 12.2. The van der Waals surface area contributed by atoms with E-state index in [-0.39, 0.29) is 10.3 Å². The lowest BCUT2D eigenvalue weighted by atomic mass is 9.97. The van der Waals surface area contributed by atoms with Gasteiger partial charge < -0.3 is 38.2 Å². The molecule has 1 N–H and O–H groups in total. The summed E-state index contributed by atoms with van der Waals surface area (Å²) in [5, 5.41) is 2.91. The van der Waals surface area contributed by atoms with E-state index in [2.05, 4.69) is 39.2 Å². The van der Waals surface area contributed by atoms with E-state index in [4.69, 9.17) is 37.8 Å². The third kappa shape index (κ3) is 8.76. The first-order valence-corrected chi connectivity index (χ1v) is 18.7. The molecule has 44 heavy (non-hydrogen) atoms. The van der Waals surface area contributed by atoms with Gasteiger partial charge in [0, 0.05) is 6.54 Å². The third-order valence-electron chi connectivity index (χ3n) is 8.20. The third-order valence-corrected chi connectivity index (χ3v) is 13.7. The highest BCUT2D eigenvalue weighted by atomic mass is 32.2. The summed E-state index contributed by atoms with van der Waals surface area (Å²) in [4.78, 5) is 17.0. The number of carbonyl (C=O) groups excluding carboxylic acids is 1. The number of alkyl carbamates (subject to hydrolysis) is 1. The van der Waals surface area contributed by atoms with Crippen LogP contribution in [0.25, 0.3) is 0 Å². The Balaban J connectivity index is 1.62. The number of thioether (sulfide) groups is 1. The predicted molar refractivity (Wildman–Crippen MR) is 174 cm³/mol. The van der Waals surface area contributed by atoms with E-state index >= 15 is 0 Å². The van der Waals surface area contributed by atoms with E-state index in [1.807, 2.05) is 55.5 Å². The molecule has 1 saturated heterocycles. The van der Waals surface area contributed by atoms with Gasteiger partial charge in [-0.05, 0) is 72.2 Å². The number of methoxy groups -OCH3 is 2. The molecular formula is C32H46N2O8SSi.